The highest BCUT2D eigenvalue weighted by Gasteiger charge is 1.99. The molecule has 0 saturated carbocycles. The Balaban J connectivity index is 2.34. The predicted octanol–water partition coefficient (Wildman–Crippen LogP) is 3.16. The first-order chi connectivity index (χ1) is 7.27. The minimum Gasteiger partial charge on any atom is -0.321 e. The molecular formula is C13H16N2. The van der Waals surface area contributed by atoms with Crippen LogP contribution in [0.25, 0.3) is 10.8 Å². The number of nitrogens with one attached hydrogen (secondary N) is 2. The molecule has 2 heteroatoms. The van der Waals surface area contributed by atoms with E-state index in [1.807, 2.05) is 0 Å². The van der Waals surface area contributed by atoms with Crippen molar-refractivity contribution in [3.8, 4) is 0 Å². The number of hydrogen-bond donors (Lipinski definition) is 2. The second-order valence-electron chi connectivity index (χ2n) is 3.95. The van der Waals surface area contributed by atoms with Gasteiger partial charge in [-0.2, -0.15) is 0 Å². The third kappa shape index (κ3) is 2.28. The van der Waals surface area contributed by atoms with E-state index < -0.39 is 0 Å². The summed E-state index contributed by atoms with van der Waals surface area (Å²) < 4.78 is 0. The number of hydrazine groups is 1. The fourth-order valence-electron chi connectivity index (χ4n) is 1.56. The van der Waals surface area contributed by atoms with Crippen LogP contribution in [0.4, 0.5) is 5.69 Å². The Kier molecular flexibility index (Phi) is 2.88. The van der Waals surface area contributed by atoms with Crippen LogP contribution in [0.5, 0.6) is 0 Å². The van der Waals surface area contributed by atoms with Crippen LogP contribution in [0.2, 0.25) is 0 Å². The highest BCUT2D eigenvalue weighted by Crippen LogP contribution is 2.22. The van der Waals surface area contributed by atoms with Crippen molar-refractivity contribution >= 4 is 16.5 Å². The van der Waals surface area contributed by atoms with Crippen molar-refractivity contribution in [2.75, 3.05) is 5.43 Å². The Morgan fingerprint density at radius 2 is 1.67 bits per heavy atom. The molecule has 0 amide bonds. The van der Waals surface area contributed by atoms with Crippen molar-refractivity contribution in [1.29, 1.82) is 0 Å². The molecule has 0 aliphatic carbocycles. The fraction of sp³-hybridized carbons (Fsp3) is 0.231. The second kappa shape index (κ2) is 4.32. The van der Waals surface area contributed by atoms with Crippen molar-refractivity contribution in [2.24, 2.45) is 0 Å². The lowest BCUT2D eigenvalue weighted by atomic mass is 10.1. The largest absolute Gasteiger partial charge is 0.321 e. The van der Waals surface area contributed by atoms with Gasteiger partial charge in [-0.15, -0.1) is 0 Å². The summed E-state index contributed by atoms with van der Waals surface area (Å²) in [6, 6.07) is 15.0. The van der Waals surface area contributed by atoms with Crippen LogP contribution in [0, 0.1) is 0 Å². The number of fused-ring (bicyclic) bond motifs is 1. The molecule has 0 aliphatic rings. The quantitative estimate of drug-likeness (QED) is 0.744. The van der Waals surface area contributed by atoms with Gasteiger partial charge in [0.2, 0.25) is 0 Å². The summed E-state index contributed by atoms with van der Waals surface area (Å²) in [6.45, 7) is 4.22. The normalized spacial score (nSPS) is 10.9. The highest BCUT2D eigenvalue weighted by molar-refractivity contribution is 5.93. The van der Waals surface area contributed by atoms with Gasteiger partial charge in [-0.25, -0.2) is 5.43 Å². The molecule has 15 heavy (non-hydrogen) atoms. The van der Waals surface area contributed by atoms with Gasteiger partial charge in [0.05, 0.1) is 5.69 Å². The van der Waals surface area contributed by atoms with E-state index in [1.54, 1.807) is 0 Å². The molecule has 0 unspecified atom stereocenters. The molecule has 2 rings (SSSR count). The Morgan fingerprint density at radius 1 is 0.933 bits per heavy atom. The standard InChI is InChI=1S/C13H16N2/c1-10(2)14-15-13-9-5-7-11-6-3-4-8-12(11)13/h3-10,14-15H,1-2H3. The molecule has 0 atom stereocenters. The molecule has 2 nitrogen and oxygen atoms in total. The molecule has 2 N–H and O–H groups in total. The van der Waals surface area contributed by atoms with Crippen LogP contribution < -0.4 is 10.9 Å². The van der Waals surface area contributed by atoms with Crippen LogP contribution in [0.15, 0.2) is 42.5 Å². The van der Waals surface area contributed by atoms with Gasteiger partial charge in [0.15, 0.2) is 0 Å². The summed E-state index contributed by atoms with van der Waals surface area (Å²) in [5.41, 5.74) is 7.57. The van der Waals surface area contributed by atoms with E-state index in [2.05, 4.69) is 67.2 Å². The van der Waals surface area contributed by atoms with Gasteiger partial charge in [-0.1, -0.05) is 36.4 Å². The maximum absolute atomic E-state index is 3.24. The number of anilines is 1. The van der Waals surface area contributed by atoms with Gasteiger partial charge < -0.3 is 5.43 Å². The second-order valence-corrected chi connectivity index (χ2v) is 3.95. The van der Waals surface area contributed by atoms with E-state index in [0.29, 0.717) is 6.04 Å². The van der Waals surface area contributed by atoms with Gasteiger partial charge in [-0.05, 0) is 25.3 Å². The van der Waals surface area contributed by atoms with E-state index in [9.17, 15) is 0 Å². The van der Waals surface area contributed by atoms with Crippen LogP contribution in [0.3, 0.4) is 0 Å². The van der Waals surface area contributed by atoms with Crippen LogP contribution in [-0.4, -0.2) is 6.04 Å². The molecule has 0 radical (unpaired) electrons. The number of rotatable bonds is 3. The summed E-state index contributed by atoms with van der Waals surface area (Å²) in [5, 5.41) is 2.50. The topological polar surface area (TPSA) is 24.1 Å². The average molecular weight is 200 g/mol. The zero-order valence-electron chi connectivity index (χ0n) is 9.12. The van der Waals surface area contributed by atoms with Crippen molar-refractivity contribution in [1.82, 2.24) is 5.43 Å². The summed E-state index contributed by atoms with van der Waals surface area (Å²) in [6.07, 6.45) is 0. The maximum Gasteiger partial charge on any atom is 0.0566 e. The molecular weight excluding hydrogens is 184 g/mol. The summed E-state index contributed by atoms with van der Waals surface area (Å²) >= 11 is 0. The number of benzene rings is 2. The third-order valence-electron chi connectivity index (χ3n) is 2.29. The summed E-state index contributed by atoms with van der Waals surface area (Å²) in [5.74, 6) is 0. The minimum absolute atomic E-state index is 0.420. The molecule has 0 spiro atoms. The lowest BCUT2D eigenvalue weighted by Gasteiger charge is -2.13. The molecule has 0 saturated heterocycles. The molecule has 78 valence electrons. The van der Waals surface area contributed by atoms with Crippen molar-refractivity contribution in [3.05, 3.63) is 42.5 Å². The first-order valence-electron chi connectivity index (χ1n) is 5.26. The average Bonchev–Trinajstić information content (AvgIpc) is 2.26. The molecule has 0 heterocycles. The molecule has 2 aromatic rings. The van der Waals surface area contributed by atoms with Gasteiger partial charge in [0.1, 0.15) is 0 Å². The maximum atomic E-state index is 3.24. The summed E-state index contributed by atoms with van der Waals surface area (Å²) in [7, 11) is 0. The van der Waals surface area contributed by atoms with Crippen molar-refractivity contribution in [3.63, 3.8) is 0 Å². The Hall–Kier alpha value is -1.54. The molecule has 2 aromatic carbocycles. The van der Waals surface area contributed by atoms with Gasteiger partial charge in [-0.3, -0.25) is 0 Å². The van der Waals surface area contributed by atoms with E-state index in [0.717, 1.165) is 5.69 Å². The first-order valence-corrected chi connectivity index (χ1v) is 5.26. The zero-order valence-corrected chi connectivity index (χ0v) is 9.12. The molecule has 0 fully saturated rings. The highest BCUT2D eigenvalue weighted by atomic mass is 15.4. The molecule has 0 bridgehead atoms. The minimum atomic E-state index is 0.420. The van der Waals surface area contributed by atoms with Crippen molar-refractivity contribution in [2.45, 2.75) is 19.9 Å². The van der Waals surface area contributed by atoms with E-state index in [4.69, 9.17) is 0 Å². The van der Waals surface area contributed by atoms with E-state index >= 15 is 0 Å². The van der Waals surface area contributed by atoms with Gasteiger partial charge >= 0.3 is 0 Å². The van der Waals surface area contributed by atoms with E-state index in [1.165, 1.54) is 10.8 Å². The van der Waals surface area contributed by atoms with Crippen LogP contribution >= 0.6 is 0 Å². The van der Waals surface area contributed by atoms with Crippen LogP contribution in [0.1, 0.15) is 13.8 Å². The number of hydrogen-bond acceptors (Lipinski definition) is 2. The third-order valence-corrected chi connectivity index (χ3v) is 2.29. The Labute approximate surface area is 90.3 Å². The summed E-state index contributed by atoms with van der Waals surface area (Å²) in [4.78, 5) is 0. The zero-order chi connectivity index (χ0) is 10.7. The molecule has 0 aliphatic heterocycles. The molecule has 0 aromatic heterocycles. The lowest BCUT2D eigenvalue weighted by molar-refractivity contribution is 0.660. The van der Waals surface area contributed by atoms with Crippen LogP contribution in [-0.2, 0) is 0 Å². The lowest BCUT2D eigenvalue weighted by Crippen LogP contribution is -2.28. The van der Waals surface area contributed by atoms with Gasteiger partial charge in [0, 0.05) is 11.4 Å². The Bertz CT molecular complexity index is 444. The Morgan fingerprint density at radius 3 is 2.47 bits per heavy atom. The van der Waals surface area contributed by atoms with E-state index in [-0.39, 0.29) is 0 Å². The monoisotopic (exact) mass is 200 g/mol. The smallest absolute Gasteiger partial charge is 0.0566 e. The SMILES string of the molecule is CC(C)NNc1cccc2ccccc12. The fourth-order valence-corrected chi connectivity index (χ4v) is 1.56. The first kappa shape index (κ1) is 9.99. The predicted molar refractivity (Wildman–Crippen MR) is 65.8 cm³/mol. The van der Waals surface area contributed by atoms with Crippen molar-refractivity contribution < 1.29 is 0 Å². The van der Waals surface area contributed by atoms with Gasteiger partial charge in [0.25, 0.3) is 0 Å².